The first kappa shape index (κ1) is 10.6. The fourth-order valence-corrected chi connectivity index (χ4v) is 2.71. The van der Waals surface area contributed by atoms with Crippen LogP contribution in [0.3, 0.4) is 0 Å². The van der Waals surface area contributed by atoms with E-state index in [1.54, 1.807) is 0 Å². The number of sulfone groups is 1. The topological polar surface area (TPSA) is 46.2 Å². The largest absolute Gasteiger partial charge is 0.312 e. The third-order valence-corrected chi connectivity index (χ3v) is 3.44. The second kappa shape index (κ2) is 3.94. The summed E-state index contributed by atoms with van der Waals surface area (Å²) < 4.78 is 22.3. The van der Waals surface area contributed by atoms with E-state index in [0.717, 1.165) is 25.1 Å². The van der Waals surface area contributed by atoms with E-state index in [-0.39, 0.29) is 5.75 Å². The lowest BCUT2D eigenvalue weighted by Crippen LogP contribution is -2.23. The van der Waals surface area contributed by atoms with Gasteiger partial charge in [-0.05, 0) is 29.7 Å². The Morgan fingerprint density at radius 3 is 2.87 bits per heavy atom. The molecule has 0 fully saturated rings. The second-order valence-corrected chi connectivity index (χ2v) is 6.24. The van der Waals surface area contributed by atoms with Crippen LogP contribution < -0.4 is 5.32 Å². The van der Waals surface area contributed by atoms with Gasteiger partial charge >= 0.3 is 0 Å². The quantitative estimate of drug-likeness (QED) is 0.812. The Balaban J connectivity index is 2.28. The molecule has 0 unspecified atom stereocenters. The van der Waals surface area contributed by atoms with Gasteiger partial charge in [0.25, 0.3) is 0 Å². The van der Waals surface area contributed by atoms with E-state index >= 15 is 0 Å². The van der Waals surface area contributed by atoms with Gasteiger partial charge in [-0.3, -0.25) is 0 Å². The summed E-state index contributed by atoms with van der Waals surface area (Å²) in [6.45, 7) is 1.87. The summed E-state index contributed by atoms with van der Waals surface area (Å²) in [6.07, 6.45) is 2.30. The van der Waals surface area contributed by atoms with Crippen LogP contribution in [0.4, 0.5) is 0 Å². The molecule has 0 radical (unpaired) electrons. The minimum atomic E-state index is -2.92. The van der Waals surface area contributed by atoms with Gasteiger partial charge in [-0.1, -0.05) is 18.2 Å². The van der Waals surface area contributed by atoms with Crippen molar-refractivity contribution in [3.05, 3.63) is 34.9 Å². The zero-order valence-corrected chi connectivity index (χ0v) is 9.60. The lowest BCUT2D eigenvalue weighted by atomic mass is 9.99. The Hall–Kier alpha value is -0.870. The summed E-state index contributed by atoms with van der Waals surface area (Å²) in [7, 11) is -2.92. The van der Waals surface area contributed by atoms with Gasteiger partial charge in [0.1, 0.15) is 0 Å². The fourth-order valence-electron chi connectivity index (χ4n) is 1.93. The molecular weight excluding hydrogens is 210 g/mol. The molecule has 0 aliphatic carbocycles. The lowest BCUT2D eigenvalue weighted by Gasteiger charge is -2.17. The SMILES string of the molecule is CS(=O)(=O)Cc1ccc2c(c1)CNCC2. The van der Waals surface area contributed by atoms with Crippen LogP contribution in [0.25, 0.3) is 0 Å². The third kappa shape index (κ3) is 2.79. The number of rotatable bonds is 2. The van der Waals surface area contributed by atoms with Crippen molar-refractivity contribution >= 4 is 9.84 Å². The van der Waals surface area contributed by atoms with Crippen LogP contribution in [0, 0.1) is 0 Å². The van der Waals surface area contributed by atoms with Gasteiger partial charge < -0.3 is 5.32 Å². The van der Waals surface area contributed by atoms with Crippen molar-refractivity contribution in [2.75, 3.05) is 12.8 Å². The number of hydrogen-bond acceptors (Lipinski definition) is 3. The molecule has 0 spiro atoms. The van der Waals surface area contributed by atoms with Gasteiger partial charge in [-0.25, -0.2) is 8.42 Å². The molecule has 2 rings (SSSR count). The monoisotopic (exact) mass is 225 g/mol. The van der Waals surface area contributed by atoms with Crippen LogP contribution in [-0.2, 0) is 28.6 Å². The zero-order chi connectivity index (χ0) is 10.9. The summed E-state index contributed by atoms with van der Waals surface area (Å²) in [4.78, 5) is 0. The number of benzene rings is 1. The molecule has 0 aromatic heterocycles. The van der Waals surface area contributed by atoms with E-state index in [9.17, 15) is 8.42 Å². The molecule has 0 amide bonds. The molecule has 3 nitrogen and oxygen atoms in total. The van der Waals surface area contributed by atoms with Gasteiger partial charge in [0.15, 0.2) is 9.84 Å². The molecule has 1 N–H and O–H groups in total. The lowest BCUT2D eigenvalue weighted by molar-refractivity contribution is 0.601. The van der Waals surface area contributed by atoms with E-state index < -0.39 is 9.84 Å². The van der Waals surface area contributed by atoms with Gasteiger partial charge in [-0.2, -0.15) is 0 Å². The smallest absolute Gasteiger partial charge is 0.151 e. The average Bonchev–Trinajstić information content (AvgIpc) is 2.15. The van der Waals surface area contributed by atoms with Crippen LogP contribution >= 0.6 is 0 Å². The molecule has 0 saturated carbocycles. The summed E-state index contributed by atoms with van der Waals surface area (Å²) in [5.74, 6) is 0.139. The van der Waals surface area contributed by atoms with Crippen molar-refractivity contribution in [3.63, 3.8) is 0 Å². The zero-order valence-electron chi connectivity index (χ0n) is 8.79. The van der Waals surface area contributed by atoms with Gasteiger partial charge in [0.05, 0.1) is 5.75 Å². The molecular formula is C11H15NO2S. The predicted octanol–water partition coefficient (Wildman–Crippen LogP) is 0.877. The van der Waals surface area contributed by atoms with Crippen LogP contribution in [0.5, 0.6) is 0 Å². The van der Waals surface area contributed by atoms with Crippen molar-refractivity contribution in [2.24, 2.45) is 0 Å². The normalized spacial score (nSPS) is 16.1. The van der Waals surface area contributed by atoms with Crippen molar-refractivity contribution in [3.8, 4) is 0 Å². The molecule has 15 heavy (non-hydrogen) atoms. The van der Waals surface area contributed by atoms with Crippen LogP contribution in [-0.4, -0.2) is 21.2 Å². The van der Waals surface area contributed by atoms with Gasteiger partial charge in [0, 0.05) is 12.8 Å². The van der Waals surface area contributed by atoms with Crippen molar-refractivity contribution in [2.45, 2.75) is 18.7 Å². The number of nitrogens with one attached hydrogen (secondary N) is 1. The molecule has 82 valence electrons. The van der Waals surface area contributed by atoms with Crippen LogP contribution in [0.2, 0.25) is 0 Å². The summed E-state index contributed by atoms with van der Waals surface area (Å²) in [5, 5.41) is 3.28. The number of hydrogen-bond donors (Lipinski definition) is 1. The van der Waals surface area contributed by atoms with E-state index in [4.69, 9.17) is 0 Å². The van der Waals surface area contributed by atoms with E-state index in [0.29, 0.717) is 0 Å². The molecule has 0 saturated heterocycles. The molecule has 1 aromatic carbocycles. The molecule has 1 heterocycles. The first-order valence-corrected chi connectivity index (χ1v) is 7.10. The average molecular weight is 225 g/mol. The highest BCUT2D eigenvalue weighted by atomic mass is 32.2. The van der Waals surface area contributed by atoms with E-state index in [2.05, 4.69) is 11.4 Å². The molecule has 4 heteroatoms. The molecule has 0 bridgehead atoms. The summed E-state index contributed by atoms with van der Waals surface area (Å²) in [6, 6.07) is 5.98. The fraction of sp³-hybridized carbons (Fsp3) is 0.455. The van der Waals surface area contributed by atoms with Crippen LogP contribution in [0.15, 0.2) is 18.2 Å². The van der Waals surface area contributed by atoms with Crippen molar-refractivity contribution in [1.82, 2.24) is 5.32 Å². The van der Waals surface area contributed by atoms with Crippen LogP contribution in [0.1, 0.15) is 16.7 Å². The molecule has 1 aromatic rings. The summed E-state index contributed by atoms with van der Waals surface area (Å²) in [5.41, 5.74) is 3.47. The molecule has 1 aliphatic heterocycles. The predicted molar refractivity (Wildman–Crippen MR) is 60.4 cm³/mol. The highest BCUT2D eigenvalue weighted by Gasteiger charge is 2.10. The maximum absolute atomic E-state index is 11.2. The summed E-state index contributed by atoms with van der Waals surface area (Å²) >= 11 is 0. The van der Waals surface area contributed by atoms with E-state index in [1.807, 2.05) is 12.1 Å². The minimum absolute atomic E-state index is 0.139. The van der Waals surface area contributed by atoms with Crippen molar-refractivity contribution < 1.29 is 8.42 Å². The maximum atomic E-state index is 11.2. The second-order valence-electron chi connectivity index (χ2n) is 4.10. The maximum Gasteiger partial charge on any atom is 0.151 e. The van der Waals surface area contributed by atoms with E-state index in [1.165, 1.54) is 17.4 Å². The Bertz CT molecular complexity index is 465. The first-order chi connectivity index (χ1) is 7.04. The van der Waals surface area contributed by atoms with Gasteiger partial charge in [0.2, 0.25) is 0 Å². The minimum Gasteiger partial charge on any atom is -0.312 e. The number of fused-ring (bicyclic) bond motifs is 1. The standard InChI is InChI=1S/C11H15NO2S/c1-15(13,14)8-9-2-3-10-4-5-12-7-11(10)6-9/h2-3,6,12H,4-5,7-8H2,1H3. The Morgan fingerprint density at radius 1 is 1.33 bits per heavy atom. The third-order valence-electron chi connectivity index (χ3n) is 2.59. The highest BCUT2D eigenvalue weighted by Crippen LogP contribution is 2.17. The highest BCUT2D eigenvalue weighted by molar-refractivity contribution is 7.89. The molecule has 1 aliphatic rings. The Kier molecular flexibility index (Phi) is 2.80. The molecule has 0 atom stereocenters. The van der Waals surface area contributed by atoms with Crippen molar-refractivity contribution in [1.29, 1.82) is 0 Å². The van der Waals surface area contributed by atoms with Gasteiger partial charge in [-0.15, -0.1) is 0 Å². The first-order valence-electron chi connectivity index (χ1n) is 5.04. The Labute approximate surface area is 90.4 Å². The Morgan fingerprint density at radius 2 is 2.13 bits per heavy atom.